The van der Waals surface area contributed by atoms with Crippen LogP contribution in [0, 0.1) is 6.92 Å². The summed E-state index contributed by atoms with van der Waals surface area (Å²) in [5.41, 5.74) is 3.51. The summed E-state index contributed by atoms with van der Waals surface area (Å²) in [6.45, 7) is 1.83. The average Bonchev–Trinajstić information content (AvgIpc) is 3.18. The number of nitrogens with one attached hydrogen (secondary N) is 1. The zero-order valence-electron chi connectivity index (χ0n) is 16.4. The van der Waals surface area contributed by atoms with Crippen LogP contribution in [-0.4, -0.2) is 27.4 Å². The number of benzene rings is 2. The molecule has 0 aliphatic heterocycles. The van der Waals surface area contributed by atoms with E-state index >= 15 is 0 Å². The number of hydrogen-bond donors (Lipinski definition) is 1. The molecule has 0 aliphatic carbocycles. The lowest BCUT2D eigenvalue weighted by molar-refractivity contribution is -0.118. The number of aromatic nitrogens is 2. The van der Waals surface area contributed by atoms with Gasteiger partial charge in [-0.3, -0.25) is 14.2 Å². The third-order valence-electron chi connectivity index (χ3n) is 4.30. The van der Waals surface area contributed by atoms with E-state index in [2.05, 4.69) is 31.4 Å². The van der Waals surface area contributed by atoms with Gasteiger partial charge in [-0.1, -0.05) is 39.8 Å². The Morgan fingerprint density at radius 2 is 1.97 bits per heavy atom. The van der Waals surface area contributed by atoms with E-state index < -0.39 is 0 Å². The van der Waals surface area contributed by atoms with Gasteiger partial charge in [-0.05, 0) is 55.5 Å². The Balaban J connectivity index is 1.58. The van der Waals surface area contributed by atoms with Gasteiger partial charge in [-0.15, -0.1) is 0 Å². The van der Waals surface area contributed by atoms with E-state index in [1.165, 1.54) is 10.8 Å². The number of hydrogen-bond acceptors (Lipinski definition) is 6. The summed E-state index contributed by atoms with van der Waals surface area (Å²) < 4.78 is 7.78. The Labute approximate surface area is 190 Å². The fourth-order valence-electron chi connectivity index (χ4n) is 2.88. The number of para-hydroxylation sites is 1. The molecule has 0 radical (unpaired) electrons. The van der Waals surface area contributed by atoms with Crippen molar-refractivity contribution in [1.82, 2.24) is 15.0 Å². The molecule has 0 atom stereocenters. The number of nitrogens with zero attached hydrogens (tertiary/aromatic N) is 3. The van der Waals surface area contributed by atoms with Crippen LogP contribution in [0.25, 0.3) is 16.6 Å². The smallest absolute Gasteiger partial charge is 0.266 e. The standard InChI is InChI=1S/C22H17BrN4O3S/c1-14-6-11-17(30-14)12-24-26-20(28)13-31-22-25-19-5-3-2-4-18(19)21(29)27(22)16-9-7-15(23)8-10-16/h2-12H,13H2,1H3,(H,26,28). The van der Waals surface area contributed by atoms with Crippen LogP contribution in [0.3, 0.4) is 0 Å². The molecule has 0 bridgehead atoms. The van der Waals surface area contributed by atoms with Crippen molar-refractivity contribution in [2.75, 3.05) is 5.75 Å². The molecule has 0 saturated carbocycles. The Hall–Kier alpha value is -3.17. The van der Waals surface area contributed by atoms with Gasteiger partial charge in [0.15, 0.2) is 5.16 Å². The Bertz CT molecular complexity index is 1330. The molecule has 156 valence electrons. The molecule has 4 aromatic rings. The lowest BCUT2D eigenvalue weighted by Gasteiger charge is -2.13. The van der Waals surface area contributed by atoms with E-state index in [0.29, 0.717) is 27.5 Å². The van der Waals surface area contributed by atoms with Gasteiger partial charge >= 0.3 is 0 Å². The second kappa shape index (κ2) is 9.32. The molecule has 9 heteroatoms. The number of rotatable bonds is 6. The van der Waals surface area contributed by atoms with Gasteiger partial charge in [-0.25, -0.2) is 10.4 Å². The van der Waals surface area contributed by atoms with E-state index in [0.717, 1.165) is 22.0 Å². The molecule has 0 spiro atoms. The lowest BCUT2D eigenvalue weighted by Crippen LogP contribution is -2.24. The van der Waals surface area contributed by atoms with Crippen LogP contribution in [0.5, 0.6) is 0 Å². The number of halogens is 1. The highest BCUT2D eigenvalue weighted by atomic mass is 79.9. The first kappa shape index (κ1) is 21.1. The molecule has 7 nitrogen and oxygen atoms in total. The van der Waals surface area contributed by atoms with Gasteiger partial charge in [0, 0.05) is 4.47 Å². The highest BCUT2D eigenvalue weighted by Gasteiger charge is 2.14. The molecular formula is C22H17BrN4O3S. The fourth-order valence-corrected chi connectivity index (χ4v) is 3.95. The summed E-state index contributed by atoms with van der Waals surface area (Å²) in [7, 11) is 0. The van der Waals surface area contributed by atoms with Crippen LogP contribution < -0.4 is 11.0 Å². The Kier molecular flexibility index (Phi) is 6.34. The Morgan fingerprint density at radius 3 is 2.71 bits per heavy atom. The summed E-state index contributed by atoms with van der Waals surface area (Å²) in [5.74, 6) is 1.02. The first-order valence-corrected chi connectivity index (χ1v) is 11.1. The number of carbonyl (C=O) groups is 1. The maximum absolute atomic E-state index is 13.2. The SMILES string of the molecule is Cc1ccc(C=NNC(=O)CSc2nc3ccccc3c(=O)n2-c2ccc(Br)cc2)o1. The molecule has 31 heavy (non-hydrogen) atoms. The maximum atomic E-state index is 13.2. The predicted octanol–water partition coefficient (Wildman–Crippen LogP) is 4.29. The molecule has 1 N–H and O–H groups in total. The number of amides is 1. The average molecular weight is 497 g/mol. The van der Waals surface area contributed by atoms with Crippen molar-refractivity contribution in [3.8, 4) is 5.69 Å². The van der Waals surface area contributed by atoms with E-state index in [1.54, 1.807) is 24.3 Å². The fraction of sp³-hybridized carbons (Fsp3) is 0.0909. The largest absolute Gasteiger partial charge is 0.460 e. The number of carbonyl (C=O) groups excluding carboxylic acids is 1. The van der Waals surface area contributed by atoms with Crippen molar-refractivity contribution < 1.29 is 9.21 Å². The molecule has 0 saturated heterocycles. The van der Waals surface area contributed by atoms with E-state index in [-0.39, 0.29) is 17.2 Å². The number of thioether (sulfide) groups is 1. The van der Waals surface area contributed by atoms with Gasteiger partial charge in [0.1, 0.15) is 11.5 Å². The van der Waals surface area contributed by atoms with Crippen molar-refractivity contribution in [3.63, 3.8) is 0 Å². The van der Waals surface area contributed by atoms with Gasteiger partial charge in [0.25, 0.3) is 11.5 Å². The number of aryl methyl sites for hydroxylation is 1. The minimum absolute atomic E-state index is 0.0375. The van der Waals surface area contributed by atoms with Gasteiger partial charge in [-0.2, -0.15) is 5.10 Å². The van der Waals surface area contributed by atoms with Crippen LogP contribution in [0.4, 0.5) is 0 Å². The van der Waals surface area contributed by atoms with Crippen molar-refractivity contribution in [3.05, 3.63) is 87.0 Å². The topological polar surface area (TPSA) is 89.5 Å². The molecule has 0 unspecified atom stereocenters. The molecule has 2 aromatic carbocycles. The molecular weight excluding hydrogens is 480 g/mol. The van der Waals surface area contributed by atoms with E-state index in [4.69, 9.17) is 4.42 Å². The Morgan fingerprint density at radius 1 is 1.19 bits per heavy atom. The summed E-state index contributed by atoms with van der Waals surface area (Å²) >= 11 is 4.57. The summed E-state index contributed by atoms with van der Waals surface area (Å²) in [4.78, 5) is 30.0. The monoisotopic (exact) mass is 496 g/mol. The van der Waals surface area contributed by atoms with Crippen LogP contribution in [0.1, 0.15) is 11.5 Å². The van der Waals surface area contributed by atoms with Crippen molar-refractivity contribution in [2.24, 2.45) is 5.10 Å². The highest BCUT2D eigenvalue weighted by Crippen LogP contribution is 2.22. The van der Waals surface area contributed by atoms with Crippen molar-refractivity contribution in [2.45, 2.75) is 12.1 Å². The van der Waals surface area contributed by atoms with Gasteiger partial charge in [0.05, 0.1) is 28.6 Å². The minimum atomic E-state index is -0.325. The van der Waals surface area contributed by atoms with Crippen LogP contribution in [0.2, 0.25) is 0 Å². The van der Waals surface area contributed by atoms with Crippen molar-refractivity contribution >= 4 is 50.7 Å². The lowest BCUT2D eigenvalue weighted by atomic mass is 10.2. The number of hydrazone groups is 1. The molecule has 4 rings (SSSR count). The van der Waals surface area contributed by atoms with E-state index in [9.17, 15) is 9.59 Å². The zero-order valence-corrected chi connectivity index (χ0v) is 18.8. The second-order valence-corrected chi connectivity index (χ2v) is 8.42. The first-order chi connectivity index (χ1) is 15.0. The normalized spacial score (nSPS) is 11.3. The molecule has 0 aliphatic rings. The highest BCUT2D eigenvalue weighted by molar-refractivity contribution is 9.10. The third kappa shape index (κ3) is 4.95. The molecule has 0 fully saturated rings. The van der Waals surface area contributed by atoms with Crippen LogP contribution >= 0.6 is 27.7 Å². The van der Waals surface area contributed by atoms with Crippen LogP contribution in [0.15, 0.2) is 84.6 Å². The molecule has 2 heterocycles. The number of furan rings is 1. The summed E-state index contributed by atoms with van der Waals surface area (Å²) in [5, 5.41) is 4.83. The molecule has 2 aromatic heterocycles. The predicted molar refractivity (Wildman–Crippen MR) is 125 cm³/mol. The second-order valence-electron chi connectivity index (χ2n) is 6.56. The number of fused-ring (bicyclic) bond motifs is 1. The zero-order chi connectivity index (χ0) is 21.8. The quantitative estimate of drug-likeness (QED) is 0.186. The summed E-state index contributed by atoms with van der Waals surface area (Å²) in [6, 6.07) is 18.1. The minimum Gasteiger partial charge on any atom is -0.460 e. The maximum Gasteiger partial charge on any atom is 0.266 e. The summed E-state index contributed by atoms with van der Waals surface area (Å²) in [6.07, 6.45) is 1.43. The van der Waals surface area contributed by atoms with Gasteiger partial charge in [0.2, 0.25) is 0 Å². The van der Waals surface area contributed by atoms with Crippen molar-refractivity contribution in [1.29, 1.82) is 0 Å². The third-order valence-corrected chi connectivity index (χ3v) is 5.77. The van der Waals surface area contributed by atoms with E-state index in [1.807, 2.05) is 43.3 Å². The molecule has 1 amide bonds. The van der Waals surface area contributed by atoms with Gasteiger partial charge < -0.3 is 4.42 Å². The van der Waals surface area contributed by atoms with Crippen LogP contribution in [-0.2, 0) is 4.79 Å². The first-order valence-electron chi connectivity index (χ1n) is 9.30.